The van der Waals surface area contributed by atoms with Gasteiger partial charge in [0, 0.05) is 0 Å². The van der Waals surface area contributed by atoms with Crippen LogP contribution in [0.3, 0.4) is 0 Å². The largest absolute Gasteiger partial charge is 0.112 e. The smallest absolute Gasteiger partial charge is 0.0620 e. The standard InChI is InChI=1S/C49H56P2/c1(2-4-6-8-28-42-50(44-30-16-10-17-31-44,45-32-18-11-19-33-45)46-34-20-12-21-35-46)3-5-7-9-29-43-51(47-36-22-13-23-37-47,48-38-24-14-25-39-48)49-40-26-15-27-41-49/h10-27,30-41H,1-9,28-29,42-43H2/q+2. The first-order valence-corrected chi connectivity index (χ1v) is 23.4. The molecule has 0 nitrogen and oxygen atoms in total. The molecule has 0 aliphatic carbocycles. The van der Waals surface area contributed by atoms with Crippen LogP contribution in [0.5, 0.6) is 0 Å². The molecule has 0 radical (unpaired) electrons. The monoisotopic (exact) mass is 706 g/mol. The summed E-state index contributed by atoms with van der Waals surface area (Å²) in [6, 6.07) is 68.2. The van der Waals surface area contributed by atoms with Crippen LogP contribution in [0.2, 0.25) is 0 Å². The third kappa shape index (κ3) is 9.35. The number of hydrogen-bond acceptors (Lipinski definition) is 0. The van der Waals surface area contributed by atoms with Gasteiger partial charge in [-0.25, -0.2) is 0 Å². The van der Waals surface area contributed by atoms with Gasteiger partial charge in [0.15, 0.2) is 0 Å². The van der Waals surface area contributed by atoms with Crippen molar-refractivity contribution < 1.29 is 0 Å². The lowest BCUT2D eigenvalue weighted by atomic mass is 10.1. The fraction of sp³-hybridized carbons (Fsp3) is 0.265. The Morgan fingerprint density at radius 2 is 0.353 bits per heavy atom. The fourth-order valence-corrected chi connectivity index (χ4v) is 16.9. The topological polar surface area (TPSA) is 0 Å². The van der Waals surface area contributed by atoms with Crippen LogP contribution >= 0.6 is 14.5 Å². The highest BCUT2D eigenvalue weighted by molar-refractivity contribution is 7.96. The lowest BCUT2D eigenvalue weighted by Gasteiger charge is -2.27. The van der Waals surface area contributed by atoms with Crippen LogP contribution in [-0.2, 0) is 0 Å². The van der Waals surface area contributed by atoms with Crippen LogP contribution in [0.4, 0.5) is 0 Å². The molecule has 0 aromatic heterocycles. The second-order valence-corrected chi connectivity index (χ2v) is 21.2. The van der Waals surface area contributed by atoms with Crippen LogP contribution in [0, 0.1) is 0 Å². The minimum Gasteiger partial charge on any atom is -0.0620 e. The van der Waals surface area contributed by atoms with Crippen molar-refractivity contribution in [2.24, 2.45) is 0 Å². The predicted molar refractivity (Wildman–Crippen MR) is 231 cm³/mol. The molecule has 51 heavy (non-hydrogen) atoms. The Labute approximate surface area is 310 Å². The first-order valence-electron chi connectivity index (χ1n) is 19.4. The summed E-state index contributed by atoms with van der Waals surface area (Å²) in [5.41, 5.74) is 0. The van der Waals surface area contributed by atoms with Gasteiger partial charge in [-0.15, -0.1) is 0 Å². The van der Waals surface area contributed by atoms with E-state index in [0.717, 1.165) is 0 Å². The average Bonchev–Trinajstić information content (AvgIpc) is 3.22. The maximum absolute atomic E-state index is 2.38. The second-order valence-electron chi connectivity index (χ2n) is 14.0. The number of hydrogen-bond donors (Lipinski definition) is 0. The third-order valence-electron chi connectivity index (χ3n) is 10.7. The zero-order valence-corrected chi connectivity index (χ0v) is 32.2. The molecule has 2 heteroatoms. The number of benzene rings is 6. The molecule has 0 unspecified atom stereocenters. The normalized spacial score (nSPS) is 11.8. The Morgan fingerprint density at radius 3 is 0.529 bits per heavy atom. The zero-order valence-electron chi connectivity index (χ0n) is 30.4. The SMILES string of the molecule is c1ccc([P+](CCCCCCCCCCCCC[P+](c2ccccc2)(c2ccccc2)c2ccccc2)(c2ccccc2)c2ccccc2)cc1. The van der Waals surface area contributed by atoms with Crippen molar-refractivity contribution in [1.82, 2.24) is 0 Å². The molecule has 6 aromatic carbocycles. The summed E-state index contributed by atoms with van der Waals surface area (Å²) in [5, 5.41) is 9.06. The van der Waals surface area contributed by atoms with E-state index >= 15 is 0 Å². The van der Waals surface area contributed by atoms with Gasteiger partial charge in [0.2, 0.25) is 0 Å². The van der Waals surface area contributed by atoms with E-state index in [1.54, 1.807) is 0 Å². The first kappa shape index (κ1) is 37.0. The molecule has 0 atom stereocenters. The van der Waals surface area contributed by atoms with Gasteiger partial charge in [0.25, 0.3) is 0 Å². The quantitative estimate of drug-likeness (QED) is 0.0548. The molecule has 0 aliphatic rings. The fourth-order valence-electron chi connectivity index (χ4n) is 8.05. The third-order valence-corrected chi connectivity index (χ3v) is 19.7. The minimum atomic E-state index is -1.69. The van der Waals surface area contributed by atoms with E-state index in [1.807, 2.05) is 0 Å². The molecule has 0 fully saturated rings. The van der Waals surface area contributed by atoms with Gasteiger partial charge in [-0.2, -0.15) is 0 Å². The van der Waals surface area contributed by atoms with Crippen molar-refractivity contribution in [2.75, 3.05) is 12.3 Å². The molecule has 0 N–H and O–H groups in total. The van der Waals surface area contributed by atoms with Crippen LogP contribution in [0.25, 0.3) is 0 Å². The first-order chi connectivity index (χ1) is 25.3. The Hall–Kier alpha value is -3.82. The van der Waals surface area contributed by atoms with Gasteiger partial charge in [-0.1, -0.05) is 154 Å². The zero-order chi connectivity index (χ0) is 34.9. The van der Waals surface area contributed by atoms with Crippen molar-refractivity contribution >= 4 is 46.4 Å². The van der Waals surface area contributed by atoms with Crippen molar-refractivity contribution in [1.29, 1.82) is 0 Å². The maximum atomic E-state index is 2.38. The van der Waals surface area contributed by atoms with Gasteiger partial charge < -0.3 is 0 Å². The molecular weight excluding hydrogens is 650 g/mol. The number of unbranched alkanes of at least 4 members (excludes halogenated alkanes) is 10. The summed E-state index contributed by atoms with van der Waals surface area (Å²) in [7, 11) is -3.39. The Kier molecular flexibility index (Phi) is 14.3. The molecule has 0 amide bonds. The Morgan fingerprint density at radius 1 is 0.196 bits per heavy atom. The van der Waals surface area contributed by atoms with Crippen LogP contribution in [0.1, 0.15) is 70.6 Å². The Bertz CT molecular complexity index is 1460. The summed E-state index contributed by atoms with van der Waals surface area (Å²) < 4.78 is 0. The van der Waals surface area contributed by atoms with Crippen LogP contribution in [-0.4, -0.2) is 12.3 Å². The summed E-state index contributed by atoms with van der Waals surface area (Å²) in [4.78, 5) is 0. The average molecular weight is 707 g/mol. The van der Waals surface area contributed by atoms with Gasteiger partial charge in [0.1, 0.15) is 46.4 Å². The highest BCUT2D eigenvalue weighted by Crippen LogP contribution is 2.57. The molecule has 0 saturated heterocycles. The van der Waals surface area contributed by atoms with Crippen molar-refractivity contribution in [3.63, 3.8) is 0 Å². The van der Waals surface area contributed by atoms with E-state index in [2.05, 4.69) is 182 Å². The van der Waals surface area contributed by atoms with Crippen molar-refractivity contribution in [2.45, 2.75) is 70.6 Å². The van der Waals surface area contributed by atoms with Crippen molar-refractivity contribution in [3.05, 3.63) is 182 Å². The molecule has 0 spiro atoms. The molecule has 0 bridgehead atoms. The highest BCUT2D eigenvalue weighted by Gasteiger charge is 2.45. The molecule has 6 rings (SSSR count). The van der Waals surface area contributed by atoms with E-state index < -0.39 is 14.5 Å². The van der Waals surface area contributed by atoms with Crippen LogP contribution in [0.15, 0.2) is 182 Å². The summed E-state index contributed by atoms with van der Waals surface area (Å²) in [5.74, 6) is 0. The second kappa shape index (κ2) is 19.7. The predicted octanol–water partition coefficient (Wildman–Crippen LogP) is 11.3. The van der Waals surface area contributed by atoms with E-state index in [4.69, 9.17) is 0 Å². The molecule has 0 saturated carbocycles. The van der Waals surface area contributed by atoms with Gasteiger partial charge >= 0.3 is 0 Å². The van der Waals surface area contributed by atoms with E-state index in [0.29, 0.717) is 0 Å². The van der Waals surface area contributed by atoms with Crippen LogP contribution < -0.4 is 31.8 Å². The van der Waals surface area contributed by atoms with Crippen molar-refractivity contribution in [3.8, 4) is 0 Å². The maximum Gasteiger partial charge on any atom is 0.112 e. The molecule has 260 valence electrons. The van der Waals surface area contributed by atoms with E-state index in [-0.39, 0.29) is 0 Å². The summed E-state index contributed by atoms with van der Waals surface area (Å²) in [6.07, 6.45) is 17.3. The van der Waals surface area contributed by atoms with Gasteiger partial charge in [0.05, 0.1) is 12.3 Å². The van der Waals surface area contributed by atoms with Gasteiger partial charge in [-0.3, -0.25) is 0 Å². The molecular formula is C49H56P2+2. The highest BCUT2D eigenvalue weighted by atomic mass is 31.2. The molecule has 0 aliphatic heterocycles. The van der Waals surface area contributed by atoms with Gasteiger partial charge in [-0.05, 0) is 98.5 Å². The van der Waals surface area contributed by atoms with E-state index in [1.165, 1.54) is 115 Å². The Balaban J connectivity index is 0.953. The molecule has 6 aromatic rings. The summed E-state index contributed by atoms with van der Waals surface area (Å²) >= 11 is 0. The minimum absolute atomic E-state index is 1.24. The number of rotatable bonds is 20. The molecule has 0 heterocycles. The van der Waals surface area contributed by atoms with E-state index in [9.17, 15) is 0 Å². The lowest BCUT2D eigenvalue weighted by molar-refractivity contribution is 0.555. The summed E-state index contributed by atoms with van der Waals surface area (Å²) in [6.45, 7) is 0. The lowest BCUT2D eigenvalue weighted by Crippen LogP contribution is -2.33.